The molecule has 0 atom stereocenters. The van der Waals surface area contributed by atoms with E-state index in [0.29, 0.717) is 16.9 Å². The summed E-state index contributed by atoms with van der Waals surface area (Å²) in [6.45, 7) is 0. The Morgan fingerprint density at radius 3 is 2.68 bits per heavy atom. The van der Waals surface area contributed by atoms with E-state index < -0.39 is 11.6 Å². The van der Waals surface area contributed by atoms with Crippen molar-refractivity contribution in [3.63, 3.8) is 0 Å². The summed E-state index contributed by atoms with van der Waals surface area (Å²) in [5.74, 6) is -1.70. The molecule has 7 heteroatoms. The molecule has 3 rings (SSSR count). The number of halogens is 3. The van der Waals surface area contributed by atoms with Crippen molar-refractivity contribution in [2.75, 3.05) is 5.73 Å². The van der Waals surface area contributed by atoms with Crippen molar-refractivity contribution in [3.8, 4) is 5.69 Å². The first-order chi connectivity index (χ1) is 9.06. The van der Waals surface area contributed by atoms with Crippen molar-refractivity contribution in [2.24, 2.45) is 0 Å². The van der Waals surface area contributed by atoms with Crippen LogP contribution in [0.4, 0.5) is 14.7 Å². The van der Waals surface area contributed by atoms with Crippen LogP contribution in [0.2, 0.25) is 0 Å². The van der Waals surface area contributed by atoms with Crippen molar-refractivity contribution in [3.05, 3.63) is 46.6 Å². The largest absolute Gasteiger partial charge is 0.369 e. The van der Waals surface area contributed by atoms with Crippen molar-refractivity contribution in [2.45, 2.75) is 0 Å². The highest BCUT2D eigenvalue weighted by Crippen LogP contribution is 2.24. The topological polar surface area (TPSA) is 56.7 Å². The summed E-state index contributed by atoms with van der Waals surface area (Å²) in [4.78, 5) is 8.32. The average molecular weight is 325 g/mol. The summed E-state index contributed by atoms with van der Waals surface area (Å²) in [6.07, 6.45) is 1.58. The monoisotopic (exact) mass is 324 g/mol. The predicted molar refractivity (Wildman–Crippen MR) is 70.9 cm³/mol. The number of anilines is 1. The SMILES string of the molecule is Nc1nc2cc(Br)cnc2n1-c1ccc(F)c(F)c1. The summed E-state index contributed by atoms with van der Waals surface area (Å²) in [7, 11) is 0. The van der Waals surface area contributed by atoms with Gasteiger partial charge in [0.15, 0.2) is 17.3 Å². The Hall–Kier alpha value is -2.02. The number of benzene rings is 1. The van der Waals surface area contributed by atoms with E-state index in [2.05, 4.69) is 25.9 Å². The van der Waals surface area contributed by atoms with Crippen LogP contribution in [0.1, 0.15) is 0 Å². The van der Waals surface area contributed by atoms with Gasteiger partial charge in [-0.15, -0.1) is 0 Å². The lowest BCUT2D eigenvalue weighted by Crippen LogP contribution is -2.02. The van der Waals surface area contributed by atoms with Gasteiger partial charge in [-0.1, -0.05) is 0 Å². The minimum Gasteiger partial charge on any atom is -0.369 e. The number of aromatic nitrogens is 3. The normalized spacial score (nSPS) is 11.1. The lowest BCUT2D eigenvalue weighted by atomic mass is 10.3. The summed E-state index contributed by atoms with van der Waals surface area (Å²) >= 11 is 3.28. The van der Waals surface area contributed by atoms with Crippen LogP contribution in [0, 0.1) is 11.6 Å². The van der Waals surface area contributed by atoms with Crippen LogP contribution in [0.3, 0.4) is 0 Å². The average Bonchev–Trinajstić information content (AvgIpc) is 2.68. The molecule has 0 bridgehead atoms. The van der Waals surface area contributed by atoms with E-state index in [1.54, 1.807) is 12.3 Å². The number of hydrogen-bond acceptors (Lipinski definition) is 3. The van der Waals surface area contributed by atoms with Gasteiger partial charge in [-0.05, 0) is 34.1 Å². The molecule has 2 N–H and O–H groups in total. The zero-order valence-corrected chi connectivity index (χ0v) is 11.0. The molecule has 2 aromatic heterocycles. The molecule has 96 valence electrons. The summed E-state index contributed by atoms with van der Waals surface area (Å²) < 4.78 is 28.5. The fourth-order valence-corrected chi connectivity index (χ4v) is 2.16. The van der Waals surface area contributed by atoms with Gasteiger partial charge < -0.3 is 5.73 Å². The Morgan fingerprint density at radius 1 is 1.16 bits per heavy atom. The molecule has 0 aliphatic rings. The number of nitrogen functional groups attached to an aromatic ring is 1. The minimum atomic E-state index is -0.948. The fourth-order valence-electron chi connectivity index (χ4n) is 1.84. The number of imidazole rings is 1. The van der Waals surface area contributed by atoms with Crippen LogP contribution in [0.15, 0.2) is 34.9 Å². The molecular weight excluding hydrogens is 318 g/mol. The van der Waals surface area contributed by atoms with Crippen LogP contribution in [0.25, 0.3) is 16.9 Å². The maximum atomic E-state index is 13.3. The third kappa shape index (κ3) is 1.95. The summed E-state index contributed by atoms with van der Waals surface area (Å²) in [5, 5.41) is 0. The fraction of sp³-hybridized carbons (Fsp3) is 0. The quantitative estimate of drug-likeness (QED) is 0.748. The van der Waals surface area contributed by atoms with Gasteiger partial charge >= 0.3 is 0 Å². The molecule has 2 heterocycles. The van der Waals surface area contributed by atoms with E-state index >= 15 is 0 Å². The van der Waals surface area contributed by atoms with E-state index in [9.17, 15) is 8.78 Å². The lowest BCUT2D eigenvalue weighted by molar-refractivity contribution is 0.508. The Balaban J connectivity index is 2.29. The third-order valence-corrected chi connectivity index (χ3v) is 3.08. The molecule has 4 nitrogen and oxygen atoms in total. The second kappa shape index (κ2) is 4.27. The second-order valence-corrected chi connectivity index (χ2v) is 4.82. The van der Waals surface area contributed by atoms with Gasteiger partial charge in [0.05, 0.1) is 5.69 Å². The van der Waals surface area contributed by atoms with Gasteiger partial charge in [0.2, 0.25) is 5.95 Å². The highest BCUT2D eigenvalue weighted by atomic mass is 79.9. The highest BCUT2D eigenvalue weighted by molar-refractivity contribution is 9.10. The van der Waals surface area contributed by atoms with Crippen LogP contribution in [-0.2, 0) is 0 Å². The second-order valence-electron chi connectivity index (χ2n) is 3.90. The Bertz CT molecular complexity index is 785. The minimum absolute atomic E-state index is 0.159. The molecule has 1 aromatic carbocycles. The Kier molecular flexibility index (Phi) is 2.70. The zero-order valence-electron chi connectivity index (χ0n) is 9.44. The molecule has 0 saturated heterocycles. The molecule has 0 spiro atoms. The molecule has 0 amide bonds. The predicted octanol–water partition coefficient (Wildman–Crippen LogP) is 3.04. The molecule has 0 aliphatic heterocycles. The number of pyridine rings is 1. The first-order valence-corrected chi connectivity index (χ1v) is 6.10. The molecule has 0 unspecified atom stereocenters. The summed E-state index contributed by atoms with van der Waals surface area (Å²) in [6, 6.07) is 5.25. The molecular formula is C12H7BrF2N4. The maximum Gasteiger partial charge on any atom is 0.207 e. The number of nitrogens with zero attached hydrogens (tertiary/aromatic N) is 3. The molecule has 19 heavy (non-hydrogen) atoms. The number of nitrogens with two attached hydrogens (primary N) is 1. The molecule has 0 aliphatic carbocycles. The molecule has 3 aromatic rings. The van der Waals surface area contributed by atoms with Gasteiger partial charge in [0, 0.05) is 16.7 Å². The van der Waals surface area contributed by atoms with Gasteiger partial charge in [0.1, 0.15) is 5.52 Å². The van der Waals surface area contributed by atoms with Crippen LogP contribution < -0.4 is 5.73 Å². The highest BCUT2D eigenvalue weighted by Gasteiger charge is 2.13. The van der Waals surface area contributed by atoms with Crippen LogP contribution >= 0.6 is 15.9 Å². The van der Waals surface area contributed by atoms with E-state index in [1.807, 2.05) is 0 Å². The summed E-state index contributed by atoms with van der Waals surface area (Å²) in [5.41, 5.74) is 7.22. The third-order valence-electron chi connectivity index (χ3n) is 2.65. The van der Waals surface area contributed by atoms with Gasteiger partial charge in [-0.25, -0.2) is 18.7 Å². The van der Waals surface area contributed by atoms with E-state index in [4.69, 9.17) is 5.73 Å². The van der Waals surface area contributed by atoms with Crippen LogP contribution in [-0.4, -0.2) is 14.5 Å². The van der Waals surface area contributed by atoms with E-state index in [1.165, 1.54) is 10.6 Å². The Morgan fingerprint density at radius 2 is 1.95 bits per heavy atom. The van der Waals surface area contributed by atoms with Gasteiger partial charge in [0.25, 0.3) is 0 Å². The molecule has 0 radical (unpaired) electrons. The first-order valence-electron chi connectivity index (χ1n) is 5.31. The van der Waals surface area contributed by atoms with E-state index in [0.717, 1.165) is 16.6 Å². The first kappa shape index (κ1) is 12.0. The lowest BCUT2D eigenvalue weighted by Gasteiger charge is -2.06. The van der Waals surface area contributed by atoms with E-state index in [-0.39, 0.29) is 5.95 Å². The Labute approximate surface area is 115 Å². The van der Waals surface area contributed by atoms with Crippen molar-refractivity contribution < 1.29 is 8.78 Å². The van der Waals surface area contributed by atoms with Crippen molar-refractivity contribution >= 4 is 33.0 Å². The standard InChI is InChI=1S/C12H7BrF2N4/c13-6-3-10-11(17-5-6)19(12(16)18-10)7-1-2-8(14)9(15)4-7/h1-5H,(H2,16,18). The number of hydrogen-bond donors (Lipinski definition) is 1. The smallest absolute Gasteiger partial charge is 0.207 e. The van der Waals surface area contributed by atoms with Crippen molar-refractivity contribution in [1.29, 1.82) is 0 Å². The van der Waals surface area contributed by atoms with Gasteiger partial charge in [-0.2, -0.15) is 0 Å². The molecule has 0 saturated carbocycles. The van der Waals surface area contributed by atoms with Gasteiger partial charge in [-0.3, -0.25) is 4.57 Å². The maximum absolute atomic E-state index is 13.3. The van der Waals surface area contributed by atoms with Crippen LogP contribution in [0.5, 0.6) is 0 Å². The zero-order chi connectivity index (χ0) is 13.6. The number of fused-ring (bicyclic) bond motifs is 1. The number of rotatable bonds is 1. The molecule has 0 fully saturated rings. The van der Waals surface area contributed by atoms with Crippen molar-refractivity contribution in [1.82, 2.24) is 14.5 Å².